The van der Waals surface area contributed by atoms with Crippen molar-refractivity contribution in [2.45, 2.75) is 19.9 Å². The molecule has 0 spiro atoms. The molecule has 90 valence electrons. The van der Waals surface area contributed by atoms with Crippen molar-refractivity contribution in [2.75, 3.05) is 5.73 Å². The van der Waals surface area contributed by atoms with Crippen molar-refractivity contribution >= 4 is 5.69 Å². The maximum absolute atomic E-state index is 13.6. The van der Waals surface area contributed by atoms with E-state index in [-0.39, 0.29) is 16.9 Å². The van der Waals surface area contributed by atoms with Crippen LogP contribution in [0.5, 0.6) is 0 Å². The number of aromatic nitrogens is 2. The first-order valence-electron chi connectivity index (χ1n) is 5.40. The summed E-state index contributed by atoms with van der Waals surface area (Å²) in [7, 11) is 0. The van der Waals surface area contributed by atoms with E-state index in [0.717, 1.165) is 6.42 Å². The second-order valence-electron chi connectivity index (χ2n) is 3.79. The van der Waals surface area contributed by atoms with E-state index in [4.69, 9.17) is 5.73 Å². The van der Waals surface area contributed by atoms with Gasteiger partial charge in [-0.25, -0.2) is 8.78 Å². The third kappa shape index (κ3) is 2.13. The normalized spacial score (nSPS) is 10.8. The van der Waals surface area contributed by atoms with Gasteiger partial charge in [0, 0.05) is 12.7 Å². The fourth-order valence-electron chi connectivity index (χ4n) is 1.70. The van der Waals surface area contributed by atoms with Crippen molar-refractivity contribution < 1.29 is 8.78 Å². The number of halogens is 2. The van der Waals surface area contributed by atoms with Crippen molar-refractivity contribution in [1.29, 1.82) is 0 Å². The van der Waals surface area contributed by atoms with Crippen LogP contribution in [0.4, 0.5) is 14.5 Å². The Hall–Kier alpha value is -1.91. The minimum atomic E-state index is -0.654. The van der Waals surface area contributed by atoms with Gasteiger partial charge in [0.2, 0.25) is 0 Å². The van der Waals surface area contributed by atoms with Crippen molar-refractivity contribution in [2.24, 2.45) is 0 Å². The zero-order valence-corrected chi connectivity index (χ0v) is 9.45. The van der Waals surface area contributed by atoms with E-state index in [0.29, 0.717) is 6.54 Å². The molecule has 0 amide bonds. The van der Waals surface area contributed by atoms with Crippen LogP contribution in [-0.4, -0.2) is 9.78 Å². The number of aryl methyl sites for hydroxylation is 1. The van der Waals surface area contributed by atoms with Crippen LogP contribution < -0.4 is 5.73 Å². The molecule has 2 N–H and O–H groups in total. The van der Waals surface area contributed by atoms with Crippen LogP contribution in [0.15, 0.2) is 24.4 Å². The number of rotatable bonds is 3. The second-order valence-corrected chi connectivity index (χ2v) is 3.79. The Labute approximate surface area is 97.9 Å². The van der Waals surface area contributed by atoms with E-state index in [9.17, 15) is 8.78 Å². The zero-order chi connectivity index (χ0) is 12.4. The summed E-state index contributed by atoms with van der Waals surface area (Å²) in [5.41, 5.74) is 6.00. The number of nitrogens with zero attached hydrogens (tertiary/aromatic N) is 2. The van der Waals surface area contributed by atoms with E-state index in [1.54, 1.807) is 10.9 Å². The molecule has 1 aromatic heterocycles. The Balaban J connectivity index is 2.52. The minimum Gasteiger partial charge on any atom is -0.396 e. The molecule has 0 saturated carbocycles. The van der Waals surface area contributed by atoms with E-state index in [1.807, 2.05) is 6.92 Å². The number of hydrogen-bond donors (Lipinski definition) is 1. The first kappa shape index (κ1) is 11.6. The minimum absolute atomic E-state index is 0.161. The highest BCUT2D eigenvalue weighted by molar-refractivity contribution is 5.72. The maximum Gasteiger partial charge on any atom is 0.135 e. The lowest BCUT2D eigenvalue weighted by Crippen LogP contribution is -1.98. The summed E-state index contributed by atoms with van der Waals surface area (Å²) >= 11 is 0. The molecular weight excluding hydrogens is 224 g/mol. The van der Waals surface area contributed by atoms with Crippen molar-refractivity contribution in [1.82, 2.24) is 9.78 Å². The summed E-state index contributed by atoms with van der Waals surface area (Å²) < 4.78 is 28.7. The quantitative estimate of drug-likeness (QED) is 0.892. The Morgan fingerprint density at radius 2 is 1.94 bits per heavy atom. The summed E-state index contributed by atoms with van der Waals surface area (Å²) in [6.07, 6.45) is 2.46. The van der Waals surface area contributed by atoms with Gasteiger partial charge in [-0.15, -0.1) is 0 Å². The van der Waals surface area contributed by atoms with Crippen molar-refractivity contribution in [3.8, 4) is 11.3 Å². The van der Waals surface area contributed by atoms with Gasteiger partial charge in [0.1, 0.15) is 17.3 Å². The third-order valence-corrected chi connectivity index (χ3v) is 2.44. The molecule has 3 nitrogen and oxygen atoms in total. The molecule has 2 aromatic rings. The van der Waals surface area contributed by atoms with Crippen LogP contribution in [0.1, 0.15) is 13.3 Å². The average molecular weight is 237 g/mol. The molecule has 0 aliphatic heterocycles. The van der Waals surface area contributed by atoms with E-state index < -0.39 is 11.6 Å². The van der Waals surface area contributed by atoms with Crippen LogP contribution in [0.3, 0.4) is 0 Å². The molecular formula is C12H13F2N3. The summed E-state index contributed by atoms with van der Waals surface area (Å²) in [6.45, 7) is 2.65. The molecule has 0 bridgehead atoms. The van der Waals surface area contributed by atoms with Crippen LogP contribution in [0, 0.1) is 11.6 Å². The van der Waals surface area contributed by atoms with Gasteiger partial charge in [0.25, 0.3) is 0 Å². The highest BCUT2D eigenvalue weighted by Crippen LogP contribution is 2.29. The van der Waals surface area contributed by atoms with E-state index >= 15 is 0 Å². The van der Waals surface area contributed by atoms with Crippen LogP contribution in [0.2, 0.25) is 0 Å². The summed E-state index contributed by atoms with van der Waals surface area (Å²) in [5, 5.41) is 4.10. The highest BCUT2D eigenvalue weighted by Gasteiger charge is 2.17. The number of nitrogen functional groups attached to an aromatic ring is 1. The second kappa shape index (κ2) is 4.53. The molecule has 1 heterocycles. The van der Waals surface area contributed by atoms with Gasteiger partial charge in [-0.3, -0.25) is 4.68 Å². The Bertz CT molecular complexity index is 514. The van der Waals surface area contributed by atoms with E-state index in [2.05, 4.69) is 5.10 Å². The SMILES string of the molecule is CCCn1cc(N)c(-c2c(F)cccc2F)n1. The van der Waals surface area contributed by atoms with Gasteiger partial charge < -0.3 is 5.73 Å². The Morgan fingerprint density at radius 1 is 1.29 bits per heavy atom. The standard InChI is InChI=1S/C12H13F2N3/c1-2-6-17-7-10(15)12(16-17)11-8(13)4-3-5-9(11)14/h3-5,7H,2,6,15H2,1H3. The van der Waals surface area contributed by atoms with Crippen molar-refractivity contribution in [3.63, 3.8) is 0 Å². The van der Waals surface area contributed by atoms with E-state index in [1.165, 1.54) is 18.2 Å². The molecule has 2 rings (SSSR count). The Morgan fingerprint density at radius 3 is 2.53 bits per heavy atom. The highest BCUT2D eigenvalue weighted by atomic mass is 19.1. The number of hydrogen-bond acceptors (Lipinski definition) is 2. The summed E-state index contributed by atoms with van der Waals surface area (Å²) in [6, 6.07) is 3.70. The van der Waals surface area contributed by atoms with Crippen LogP contribution in [0.25, 0.3) is 11.3 Å². The molecule has 1 aromatic carbocycles. The lowest BCUT2D eigenvalue weighted by molar-refractivity contribution is 0.581. The summed E-state index contributed by atoms with van der Waals surface area (Å²) in [4.78, 5) is 0. The van der Waals surface area contributed by atoms with Gasteiger partial charge >= 0.3 is 0 Å². The number of nitrogens with two attached hydrogens (primary N) is 1. The molecule has 5 heteroatoms. The lowest BCUT2D eigenvalue weighted by atomic mass is 10.1. The molecule has 0 unspecified atom stereocenters. The topological polar surface area (TPSA) is 43.8 Å². The fourth-order valence-corrected chi connectivity index (χ4v) is 1.70. The maximum atomic E-state index is 13.6. The molecule has 0 saturated heterocycles. The summed E-state index contributed by atoms with van der Waals surface area (Å²) in [5.74, 6) is -1.31. The number of benzene rings is 1. The largest absolute Gasteiger partial charge is 0.396 e. The fraction of sp³-hybridized carbons (Fsp3) is 0.250. The monoisotopic (exact) mass is 237 g/mol. The van der Waals surface area contributed by atoms with Gasteiger partial charge in [0.05, 0.1) is 11.3 Å². The van der Waals surface area contributed by atoms with Crippen molar-refractivity contribution in [3.05, 3.63) is 36.0 Å². The predicted molar refractivity (Wildman–Crippen MR) is 62.3 cm³/mol. The smallest absolute Gasteiger partial charge is 0.135 e. The molecule has 0 atom stereocenters. The van der Waals surface area contributed by atoms with Crippen LogP contribution in [-0.2, 0) is 6.54 Å². The van der Waals surface area contributed by atoms with Gasteiger partial charge in [0.15, 0.2) is 0 Å². The van der Waals surface area contributed by atoms with Gasteiger partial charge in [-0.05, 0) is 18.6 Å². The number of anilines is 1. The first-order chi connectivity index (χ1) is 8.13. The average Bonchev–Trinajstić information content (AvgIpc) is 2.60. The molecule has 0 aliphatic carbocycles. The molecule has 0 aliphatic rings. The molecule has 17 heavy (non-hydrogen) atoms. The first-order valence-corrected chi connectivity index (χ1v) is 5.40. The molecule has 0 radical (unpaired) electrons. The van der Waals surface area contributed by atoms with Gasteiger partial charge in [-0.2, -0.15) is 5.10 Å². The zero-order valence-electron chi connectivity index (χ0n) is 9.45. The van der Waals surface area contributed by atoms with Crippen LogP contribution >= 0.6 is 0 Å². The lowest BCUT2D eigenvalue weighted by Gasteiger charge is -2.02. The van der Waals surface area contributed by atoms with Gasteiger partial charge in [-0.1, -0.05) is 13.0 Å². The molecule has 0 fully saturated rings. The third-order valence-electron chi connectivity index (χ3n) is 2.44. The Kier molecular flexibility index (Phi) is 3.08. The predicted octanol–water partition coefficient (Wildman–Crippen LogP) is 2.82.